The third kappa shape index (κ3) is 3.62. The lowest BCUT2D eigenvalue weighted by atomic mass is 9.85. The third-order valence-corrected chi connectivity index (χ3v) is 7.36. The molecule has 0 spiro atoms. The maximum Gasteiger partial charge on any atom is 0.233 e. The van der Waals surface area contributed by atoms with Gasteiger partial charge in [-0.25, -0.2) is 23.7 Å². The lowest BCUT2D eigenvalue weighted by molar-refractivity contribution is 0.355. The lowest BCUT2D eigenvalue weighted by Crippen LogP contribution is -2.36. The van der Waals surface area contributed by atoms with E-state index >= 15 is 0 Å². The molecule has 0 radical (unpaired) electrons. The lowest BCUT2D eigenvalue weighted by Gasteiger charge is -2.33. The zero-order chi connectivity index (χ0) is 23.2. The van der Waals surface area contributed by atoms with Crippen LogP contribution < -0.4 is 15.8 Å². The summed E-state index contributed by atoms with van der Waals surface area (Å²) in [6, 6.07) is 6.33. The molecule has 1 aliphatic carbocycles. The second-order valence-corrected chi connectivity index (χ2v) is 9.64. The molecule has 1 saturated carbocycles. The van der Waals surface area contributed by atoms with Crippen LogP contribution in [0.4, 0.5) is 20.3 Å². The van der Waals surface area contributed by atoms with E-state index in [0.29, 0.717) is 40.4 Å². The number of nitrogens with two attached hydrogens (primary N) is 1. The first-order valence-corrected chi connectivity index (χ1v) is 11.1. The van der Waals surface area contributed by atoms with Gasteiger partial charge in [0, 0.05) is 23.4 Å². The molecule has 3 N–H and O–H groups in total. The quantitative estimate of drug-likeness (QED) is 0.531. The zero-order valence-corrected chi connectivity index (χ0v) is 18.5. The highest BCUT2D eigenvalue weighted by atomic mass is 32.2. The van der Waals surface area contributed by atoms with Crippen molar-refractivity contribution in [3.8, 4) is 18.2 Å². The molecule has 3 atom stereocenters. The normalized spacial score (nSPS) is 25.6. The highest BCUT2D eigenvalue weighted by Crippen LogP contribution is 2.66. The van der Waals surface area contributed by atoms with Gasteiger partial charge in [-0.05, 0) is 37.6 Å². The van der Waals surface area contributed by atoms with Crippen LogP contribution in [0.25, 0.3) is 11.0 Å². The van der Waals surface area contributed by atoms with Gasteiger partial charge in [0.05, 0.1) is 22.0 Å². The van der Waals surface area contributed by atoms with Crippen molar-refractivity contribution in [1.29, 1.82) is 0 Å². The largest absolute Gasteiger partial charge is 0.463 e. The second kappa shape index (κ2) is 7.85. The van der Waals surface area contributed by atoms with E-state index in [2.05, 4.69) is 31.2 Å². The van der Waals surface area contributed by atoms with Gasteiger partial charge < -0.3 is 15.8 Å². The Balaban J connectivity index is 1.49. The van der Waals surface area contributed by atoms with Crippen LogP contribution >= 0.6 is 11.8 Å². The molecule has 10 heteroatoms. The number of ether oxygens (including phenoxy) is 1. The topological polar surface area (TPSA) is 98.3 Å². The average Bonchev–Trinajstić information content (AvgIpc) is 3.55. The average molecular weight is 467 g/mol. The number of nitrogens with one attached hydrogen (secondary N) is 1. The summed E-state index contributed by atoms with van der Waals surface area (Å²) in [5.41, 5.74) is 7.05. The number of pyridine rings is 1. The van der Waals surface area contributed by atoms with Gasteiger partial charge >= 0.3 is 0 Å². The minimum absolute atomic E-state index is 0.0870. The fourth-order valence-electron chi connectivity index (χ4n) is 4.40. The monoisotopic (exact) mass is 466 g/mol. The van der Waals surface area contributed by atoms with Crippen molar-refractivity contribution in [2.45, 2.75) is 23.6 Å². The number of nitrogens with zero attached hydrogens (tertiary/aromatic N) is 4. The summed E-state index contributed by atoms with van der Waals surface area (Å²) in [5.74, 6) is 2.56. The Morgan fingerprint density at radius 2 is 2.21 bits per heavy atom. The van der Waals surface area contributed by atoms with Gasteiger partial charge in [0.1, 0.15) is 18.0 Å². The van der Waals surface area contributed by atoms with E-state index in [-0.39, 0.29) is 17.7 Å². The fraction of sp³-hybridized carbons (Fsp3) is 0.304. The van der Waals surface area contributed by atoms with Crippen molar-refractivity contribution in [1.82, 2.24) is 15.0 Å². The van der Waals surface area contributed by atoms with Crippen molar-refractivity contribution in [3.05, 3.63) is 48.0 Å². The maximum absolute atomic E-state index is 15.0. The van der Waals surface area contributed by atoms with Crippen LogP contribution in [0.3, 0.4) is 0 Å². The molecular weight excluding hydrogens is 446 g/mol. The zero-order valence-electron chi connectivity index (χ0n) is 17.7. The smallest absolute Gasteiger partial charge is 0.233 e. The molecule has 3 aromatic rings. The molecule has 0 unspecified atom stereocenters. The molecular formula is C23H20F2N6OS. The van der Waals surface area contributed by atoms with E-state index in [1.807, 2.05) is 6.92 Å². The van der Waals surface area contributed by atoms with Gasteiger partial charge in [-0.15, -0.1) is 6.42 Å². The van der Waals surface area contributed by atoms with Gasteiger partial charge in [0.15, 0.2) is 17.6 Å². The molecule has 0 bridgehead atoms. The van der Waals surface area contributed by atoms with Crippen molar-refractivity contribution in [2.75, 3.05) is 18.6 Å². The molecule has 0 amide bonds. The van der Waals surface area contributed by atoms with Gasteiger partial charge in [-0.2, -0.15) is 0 Å². The van der Waals surface area contributed by atoms with Gasteiger partial charge in [-0.1, -0.05) is 17.7 Å². The Morgan fingerprint density at radius 3 is 3.00 bits per heavy atom. The van der Waals surface area contributed by atoms with Crippen molar-refractivity contribution >= 4 is 39.5 Å². The minimum Gasteiger partial charge on any atom is -0.463 e. The minimum atomic E-state index is -0.960. The summed E-state index contributed by atoms with van der Waals surface area (Å²) in [6.45, 7) is 1.37. The van der Waals surface area contributed by atoms with Crippen LogP contribution in [0.1, 0.15) is 18.9 Å². The number of terminal acetylenes is 1. The molecule has 1 aliphatic heterocycles. The van der Waals surface area contributed by atoms with Gasteiger partial charge in [0.2, 0.25) is 5.88 Å². The molecule has 3 heterocycles. The third-order valence-electron chi connectivity index (χ3n) is 6.10. The SMILES string of the molecule is C#CCOc1cnc2c(Nc3ccc(F)c([C@]4(C)N=C(N)S[C@@]5(CF)C[C@H]54)c3)nccc2n1. The number of amidine groups is 1. The standard InChI is InChI=1S/C23H20F2N6OS/c1-3-8-32-18-11-28-19-16(30-18)6-7-27-20(19)29-13-4-5-15(25)14(9-13)22(2)17-10-23(17,12-24)33-21(26)31-22/h1,4-7,9,11,17H,8,10,12H2,2H3,(H2,26,31)(H,27,29)/t17-,22-,23+/m0/s1. The number of anilines is 2. The van der Waals surface area contributed by atoms with Crippen LogP contribution in [0.2, 0.25) is 0 Å². The van der Waals surface area contributed by atoms with Crippen LogP contribution in [-0.4, -0.2) is 38.1 Å². The molecule has 7 nitrogen and oxygen atoms in total. The molecule has 0 saturated heterocycles. The van der Waals surface area contributed by atoms with Crippen molar-refractivity contribution < 1.29 is 13.5 Å². The number of aliphatic imine (C=N–C) groups is 1. The molecule has 2 aromatic heterocycles. The number of halogens is 2. The predicted molar refractivity (Wildman–Crippen MR) is 125 cm³/mol. The number of aromatic nitrogens is 3. The van der Waals surface area contributed by atoms with Gasteiger partial charge in [-0.3, -0.25) is 4.99 Å². The van der Waals surface area contributed by atoms with Crippen LogP contribution in [0, 0.1) is 24.1 Å². The molecule has 1 fully saturated rings. The van der Waals surface area contributed by atoms with E-state index in [1.165, 1.54) is 24.0 Å². The maximum atomic E-state index is 15.0. The highest BCUT2D eigenvalue weighted by Gasteiger charge is 2.66. The van der Waals surface area contributed by atoms with E-state index in [1.54, 1.807) is 24.4 Å². The summed E-state index contributed by atoms with van der Waals surface area (Å²) in [6.07, 6.45) is 8.85. The molecule has 168 valence electrons. The Morgan fingerprint density at radius 1 is 1.36 bits per heavy atom. The number of rotatable bonds is 6. The summed E-state index contributed by atoms with van der Waals surface area (Å²) in [4.78, 5) is 17.7. The summed E-state index contributed by atoms with van der Waals surface area (Å²) >= 11 is 1.25. The van der Waals surface area contributed by atoms with Gasteiger partial charge in [0.25, 0.3) is 0 Å². The molecule has 33 heavy (non-hydrogen) atoms. The van der Waals surface area contributed by atoms with Crippen LogP contribution in [0.15, 0.2) is 41.7 Å². The first-order valence-electron chi connectivity index (χ1n) is 10.2. The summed E-state index contributed by atoms with van der Waals surface area (Å²) < 4.78 is 33.5. The Hall–Kier alpha value is -3.45. The number of benzene rings is 1. The number of hydrogen-bond donors (Lipinski definition) is 2. The first-order chi connectivity index (χ1) is 15.9. The summed E-state index contributed by atoms with van der Waals surface area (Å²) in [7, 11) is 0. The van der Waals surface area contributed by atoms with Crippen molar-refractivity contribution in [2.24, 2.45) is 16.6 Å². The highest BCUT2D eigenvalue weighted by molar-refractivity contribution is 8.15. The summed E-state index contributed by atoms with van der Waals surface area (Å²) in [5, 5.41) is 3.46. The van der Waals surface area contributed by atoms with Crippen LogP contribution in [-0.2, 0) is 5.54 Å². The Bertz CT molecular complexity index is 1330. The van der Waals surface area contributed by atoms with E-state index in [9.17, 15) is 8.78 Å². The Kier molecular flexibility index (Phi) is 5.09. The van der Waals surface area contributed by atoms with Crippen molar-refractivity contribution in [3.63, 3.8) is 0 Å². The number of fused-ring (bicyclic) bond motifs is 2. The van der Waals surface area contributed by atoms with Crippen LogP contribution in [0.5, 0.6) is 5.88 Å². The number of hydrogen-bond acceptors (Lipinski definition) is 8. The number of alkyl halides is 1. The fourth-order valence-corrected chi connectivity index (χ4v) is 5.73. The van der Waals surface area contributed by atoms with E-state index < -0.39 is 22.8 Å². The first kappa shape index (κ1) is 21.4. The second-order valence-electron chi connectivity index (χ2n) is 8.20. The van der Waals surface area contributed by atoms with E-state index in [4.69, 9.17) is 16.9 Å². The molecule has 1 aromatic carbocycles. The molecule has 5 rings (SSSR count). The Labute approximate surface area is 193 Å². The number of thioether (sulfide) groups is 1. The van der Waals surface area contributed by atoms with E-state index in [0.717, 1.165) is 0 Å². The molecule has 2 aliphatic rings. The predicted octanol–water partition coefficient (Wildman–Crippen LogP) is 3.92.